The minimum absolute atomic E-state index is 0.00185. The number of ether oxygens (including phenoxy) is 2. The predicted molar refractivity (Wildman–Crippen MR) is 117 cm³/mol. The Kier molecular flexibility index (Phi) is 5.77. The first-order valence-corrected chi connectivity index (χ1v) is 10.8. The highest BCUT2D eigenvalue weighted by Crippen LogP contribution is 2.37. The van der Waals surface area contributed by atoms with Gasteiger partial charge in [0.15, 0.2) is 11.6 Å². The fraction of sp³-hybridized carbons (Fsp3) is 0.545. The smallest absolute Gasteiger partial charge is 0.409 e. The molecule has 4 rings (SSSR count). The van der Waals surface area contributed by atoms with Crippen molar-refractivity contribution in [3.05, 3.63) is 33.9 Å². The number of carboxylic acid groups (broad SMARTS) is 1. The zero-order valence-corrected chi connectivity index (χ0v) is 18.9. The summed E-state index contributed by atoms with van der Waals surface area (Å²) >= 11 is 0. The summed E-state index contributed by atoms with van der Waals surface area (Å²) in [5.41, 5.74) is -1.70. The van der Waals surface area contributed by atoms with Crippen molar-refractivity contribution in [3.8, 4) is 0 Å². The van der Waals surface area contributed by atoms with Crippen LogP contribution in [0.15, 0.2) is 17.1 Å². The van der Waals surface area contributed by atoms with Crippen molar-refractivity contribution in [2.75, 3.05) is 18.6 Å². The van der Waals surface area contributed by atoms with Crippen LogP contribution < -0.4 is 15.6 Å². The summed E-state index contributed by atoms with van der Waals surface area (Å²) in [6, 6.07) is 1.02. The normalized spacial score (nSPS) is 20.8. The average molecular weight is 462 g/mol. The molecule has 11 heteroatoms. The van der Waals surface area contributed by atoms with Gasteiger partial charge < -0.3 is 29.4 Å². The van der Waals surface area contributed by atoms with Gasteiger partial charge in [0.2, 0.25) is 5.43 Å². The highest BCUT2D eigenvalue weighted by Gasteiger charge is 2.37. The predicted octanol–water partition coefficient (Wildman–Crippen LogP) is 2.64. The Morgan fingerprint density at radius 3 is 2.58 bits per heavy atom. The van der Waals surface area contributed by atoms with E-state index in [1.54, 1.807) is 30.2 Å². The van der Waals surface area contributed by atoms with Gasteiger partial charge in [0.1, 0.15) is 23.0 Å². The summed E-state index contributed by atoms with van der Waals surface area (Å²) in [5.74, 6) is -2.22. The lowest BCUT2D eigenvalue weighted by Crippen LogP contribution is -2.47. The van der Waals surface area contributed by atoms with Crippen molar-refractivity contribution in [1.29, 1.82) is 0 Å². The number of carbonyl (C=O) groups excluding carboxylic acids is 1. The second-order valence-electron chi connectivity index (χ2n) is 9.39. The standard InChI is InChI=1S/C22H27FN4O6/c1-22(2,3)33-21(31)24-16-7-12(32-4)9-27(16)19-15(23)8-13-17(28)14(20(29)30)10-26(11-5-6-11)18(13)25-19/h8,10-12,16H,5-7,9H2,1-4H3,(H,24,31)(H,29,30)/t12-,16-/m0/s1. The number of nitrogens with one attached hydrogen (secondary N) is 1. The van der Waals surface area contributed by atoms with E-state index in [1.807, 2.05) is 0 Å². The molecule has 178 valence electrons. The van der Waals surface area contributed by atoms with Crippen LogP contribution in [0.2, 0.25) is 0 Å². The largest absolute Gasteiger partial charge is 0.477 e. The number of hydrogen-bond donors (Lipinski definition) is 2. The van der Waals surface area contributed by atoms with E-state index in [-0.39, 0.29) is 35.5 Å². The third-order valence-corrected chi connectivity index (χ3v) is 5.66. The van der Waals surface area contributed by atoms with Crippen LogP contribution >= 0.6 is 0 Å². The summed E-state index contributed by atoms with van der Waals surface area (Å²) in [5, 5.41) is 12.0. The number of halogens is 1. The van der Waals surface area contributed by atoms with Crippen LogP contribution in [-0.2, 0) is 9.47 Å². The molecule has 2 aromatic heterocycles. The number of nitrogens with zero attached hydrogens (tertiary/aromatic N) is 3. The van der Waals surface area contributed by atoms with Gasteiger partial charge in [0.05, 0.1) is 11.5 Å². The number of rotatable bonds is 5. The topological polar surface area (TPSA) is 123 Å². The number of carboxylic acids is 1. The molecule has 10 nitrogen and oxygen atoms in total. The number of carbonyl (C=O) groups is 2. The molecule has 0 unspecified atom stereocenters. The zero-order valence-electron chi connectivity index (χ0n) is 18.9. The number of aromatic nitrogens is 2. The molecule has 1 amide bonds. The van der Waals surface area contributed by atoms with Gasteiger partial charge in [-0.3, -0.25) is 4.79 Å². The summed E-state index contributed by atoms with van der Waals surface area (Å²) in [6.45, 7) is 5.48. The lowest BCUT2D eigenvalue weighted by Gasteiger charge is -2.28. The molecule has 2 N–H and O–H groups in total. The summed E-state index contributed by atoms with van der Waals surface area (Å²) in [6.07, 6.45) is 1.68. The Balaban J connectivity index is 1.77. The summed E-state index contributed by atoms with van der Waals surface area (Å²) in [7, 11) is 1.53. The molecule has 1 saturated carbocycles. The van der Waals surface area contributed by atoms with Crippen LogP contribution in [0, 0.1) is 5.82 Å². The van der Waals surface area contributed by atoms with E-state index in [1.165, 1.54) is 13.3 Å². The Labute approximate surface area is 189 Å². The highest BCUT2D eigenvalue weighted by molar-refractivity contribution is 5.92. The molecule has 2 atom stereocenters. The van der Waals surface area contributed by atoms with Crippen molar-refractivity contribution in [3.63, 3.8) is 0 Å². The molecule has 0 bridgehead atoms. The SMILES string of the molecule is CO[C@H]1C[C@@H](NC(=O)OC(C)(C)C)N(c2nc3c(cc2F)c(=O)c(C(=O)O)cn3C2CC2)C1. The first kappa shape index (κ1) is 23.0. The lowest BCUT2D eigenvalue weighted by molar-refractivity contribution is 0.0497. The molecule has 2 aromatic rings. The van der Waals surface area contributed by atoms with Crippen molar-refractivity contribution in [2.45, 2.75) is 63.9 Å². The highest BCUT2D eigenvalue weighted by atomic mass is 19.1. The third kappa shape index (κ3) is 4.63. The van der Waals surface area contributed by atoms with Crippen LogP contribution in [0.1, 0.15) is 56.4 Å². The maximum absolute atomic E-state index is 15.3. The summed E-state index contributed by atoms with van der Waals surface area (Å²) in [4.78, 5) is 42.6. The molecular formula is C22H27FN4O6. The number of alkyl carbamates (subject to hydrolysis) is 1. The number of anilines is 1. The Morgan fingerprint density at radius 2 is 2.00 bits per heavy atom. The molecule has 0 aromatic carbocycles. The monoisotopic (exact) mass is 462 g/mol. The molecular weight excluding hydrogens is 435 g/mol. The minimum Gasteiger partial charge on any atom is -0.477 e. The molecule has 2 aliphatic rings. The van der Waals surface area contributed by atoms with Crippen LogP contribution in [-0.4, -0.2) is 58.2 Å². The molecule has 1 aliphatic carbocycles. The summed E-state index contributed by atoms with van der Waals surface area (Å²) < 4.78 is 27.7. The van der Waals surface area contributed by atoms with Gasteiger partial charge >= 0.3 is 12.1 Å². The Bertz CT molecular complexity index is 1170. The van der Waals surface area contributed by atoms with Crippen molar-refractivity contribution >= 4 is 28.9 Å². The van der Waals surface area contributed by atoms with Crippen molar-refractivity contribution < 1.29 is 28.6 Å². The van der Waals surface area contributed by atoms with Gasteiger partial charge in [-0.15, -0.1) is 0 Å². The minimum atomic E-state index is -1.37. The molecule has 1 aliphatic heterocycles. The van der Waals surface area contributed by atoms with Crippen LogP contribution in [0.25, 0.3) is 11.0 Å². The first-order chi connectivity index (χ1) is 15.5. The maximum Gasteiger partial charge on any atom is 0.409 e. The molecule has 33 heavy (non-hydrogen) atoms. The van der Waals surface area contributed by atoms with E-state index in [0.717, 1.165) is 18.9 Å². The van der Waals surface area contributed by atoms with E-state index < -0.39 is 40.6 Å². The molecule has 2 fully saturated rings. The van der Waals surface area contributed by atoms with Crippen LogP contribution in [0.4, 0.5) is 15.0 Å². The van der Waals surface area contributed by atoms with Crippen molar-refractivity contribution in [2.24, 2.45) is 0 Å². The second kappa shape index (κ2) is 8.29. The van der Waals surface area contributed by atoms with Gasteiger partial charge in [-0.1, -0.05) is 0 Å². The van der Waals surface area contributed by atoms with Crippen molar-refractivity contribution in [1.82, 2.24) is 14.9 Å². The number of aromatic carboxylic acids is 1. The number of amides is 1. The first-order valence-electron chi connectivity index (χ1n) is 10.8. The number of fused-ring (bicyclic) bond motifs is 1. The Hall–Kier alpha value is -3.21. The quantitative estimate of drug-likeness (QED) is 0.695. The molecule has 1 saturated heterocycles. The zero-order chi connectivity index (χ0) is 24.1. The number of methoxy groups -OCH3 is 1. The maximum atomic E-state index is 15.3. The van der Waals surface area contributed by atoms with E-state index in [9.17, 15) is 19.5 Å². The van der Waals surface area contributed by atoms with Crippen LogP contribution in [0.3, 0.4) is 0 Å². The number of pyridine rings is 2. The number of hydrogen-bond acceptors (Lipinski definition) is 7. The fourth-order valence-corrected chi connectivity index (χ4v) is 4.01. The van der Waals surface area contributed by atoms with E-state index in [0.29, 0.717) is 6.42 Å². The van der Waals surface area contributed by atoms with Gasteiger partial charge in [0.25, 0.3) is 0 Å². The third-order valence-electron chi connectivity index (χ3n) is 5.66. The fourth-order valence-electron chi connectivity index (χ4n) is 4.01. The molecule has 3 heterocycles. The average Bonchev–Trinajstić information content (AvgIpc) is 3.47. The van der Waals surface area contributed by atoms with E-state index >= 15 is 4.39 Å². The van der Waals surface area contributed by atoms with E-state index in [4.69, 9.17) is 9.47 Å². The van der Waals surface area contributed by atoms with Crippen LogP contribution in [0.5, 0.6) is 0 Å². The Morgan fingerprint density at radius 1 is 1.30 bits per heavy atom. The van der Waals surface area contributed by atoms with Gasteiger partial charge in [0, 0.05) is 32.3 Å². The van der Waals surface area contributed by atoms with Gasteiger partial charge in [-0.05, 0) is 39.7 Å². The second-order valence-corrected chi connectivity index (χ2v) is 9.39. The van der Waals surface area contributed by atoms with Gasteiger partial charge in [-0.2, -0.15) is 0 Å². The van der Waals surface area contributed by atoms with Gasteiger partial charge in [-0.25, -0.2) is 19.0 Å². The molecule has 0 spiro atoms. The molecule has 0 radical (unpaired) electrons. The lowest BCUT2D eigenvalue weighted by atomic mass is 10.2. The van der Waals surface area contributed by atoms with E-state index in [2.05, 4.69) is 10.3 Å².